The van der Waals surface area contributed by atoms with Crippen LogP contribution < -0.4 is 0 Å². The zero-order chi connectivity index (χ0) is 11.6. The van der Waals surface area contributed by atoms with E-state index in [1.165, 1.54) is 0 Å². The van der Waals surface area contributed by atoms with Crippen LogP contribution >= 0.6 is 0 Å². The standard InChI is InChI=1S/C10H16O4S2/c11-15(12)5-1-3-7-8-4-2-6-16(13,14)10(8)9(7)15/h7-10H,1-6H2/t7-,8-,9-,10-/m1/s1. The van der Waals surface area contributed by atoms with Crippen molar-refractivity contribution in [3.05, 3.63) is 0 Å². The molecule has 0 aromatic carbocycles. The molecule has 0 radical (unpaired) electrons. The normalized spacial score (nSPS) is 48.5. The molecule has 0 unspecified atom stereocenters. The van der Waals surface area contributed by atoms with Crippen LogP contribution in [0.3, 0.4) is 0 Å². The predicted molar refractivity (Wildman–Crippen MR) is 60.6 cm³/mol. The molecule has 0 aromatic heterocycles. The van der Waals surface area contributed by atoms with E-state index in [1.807, 2.05) is 0 Å². The van der Waals surface area contributed by atoms with Gasteiger partial charge in [0.05, 0.1) is 22.0 Å². The van der Waals surface area contributed by atoms with Crippen LogP contribution in [0.25, 0.3) is 0 Å². The summed E-state index contributed by atoms with van der Waals surface area (Å²) in [5, 5.41) is -1.12. The van der Waals surface area contributed by atoms with Crippen LogP contribution in [0, 0.1) is 11.8 Å². The van der Waals surface area contributed by atoms with E-state index in [0.717, 1.165) is 12.8 Å². The summed E-state index contributed by atoms with van der Waals surface area (Å²) in [6.45, 7) is 0. The fourth-order valence-corrected chi connectivity index (χ4v) is 9.50. The van der Waals surface area contributed by atoms with E-state index in [4.69, 9.17) is 0 Å². The fourth-order valence-electron chi connectivity index (χ4n) is 3.84. The van der Waals surface area contributed by atoms with Gasteiger partial charge in [-0.3, -0.25) is 0 Å². The largest absolute Gasteiger partial charge is 0.228 e. The summed E-state index contributed by atoms with van der Waals surface area (Å²) in [6, 6.07) is 0. The van der Waals surface area contributed by atoms with Gasteiger partial charge in [0.25, 0.3) is 0 Å². The number of sulfone groups is 2. The summed E-state index contributed by atoms with van der Waals surface area (Å²) in [5.41, 5.74) is 0. The first-order chi connectivity index (χ1) is 7.43. The Balaban J connectivity index is 2.02. The number of hydrogen-bond acceptors (Lipinski definition) is 4. The second kappa shape index (κ2) is 3.22. The second-order valence-electron chi connectivity index (χ2n) is 5.28. The Morgan fingerprint density at radius 3 is 1.44 bits per heavy atom. The summed E-state index contributed by atoms with van der Waals surface area (Å²) in [4.78, 5) is 0. The Hall–Kier alpha value is -0.100. The first kappa shape index (κ1) is 11.0. The molecule has 3 aliphatic rings. The monoisotopic (exact) mass is 264 g/mol. The second-order valence-corrected chi connectivity index (χ2v) is 9.83. The van der Waals surface area contributed by atoms with Crippen molar-refractivity contribution in [3.8, 4) is 0 Å². The van der Waals surface area contributed by atoms with Crippen LogP contribution in [-0.2, 0) is 19.7 Å². The van der Waals surface area contributed by atoms with E-state index in [9.17, 15) is 16.8 Å². The van der Waals surface area contributed by atoms with E-state index in [2.05, 4.69) is 0 Å². The van der Waals surface area contributed by atoms with Gasteiger partial charge in [-0.05, 0) is 37.5 Å². The average Bonchev–Trinajstić information content (AvgIpc) is 2.13. The molecular weight excluding hydrogens is 248 g/mol. The van der Waals surface area contributed by atoms with Crippen LogP contribution in [0.2, 0.25) is 0 Å². The van der Waals surface area contributed by atoms with Crippen molar-refractivity contribution in [2.75, 3.05) is 11.5 Å². The smallest absolute Gasteiger partial charge is 0.154 e. The van der Waals surface area contributed by atoms with Crippen LogP contribution in [-0.4, -0.2) is 38.8 Å². The molecule has 0 N–H and O–H groups in total. The highest BCUT2D eigenvalue weighted by Gasteiger charge is 2.63. The first-order valence-corrected chi connectivity index (χ1v) is 9.30. The van der Waals surface area contributed by atoms with Crippen molar-refractivity contribution in [1.82, 2.24) is 0 Å². The first-order valence-electron chi connectivity index (χ1n) is 5.87. The highest BCUT2D eigenvalue weighted by molar-refractivity contribution is 7.96. The molecule has 2 aliphatic heterocycles. The predicted octanol–water partition coefficient (Wildman–Crippen LogP) is 0.387. The number of rotatable bonds is 0. The van der Waals surface area contributed by atoms with Crippen molar-refractivity contribution in [2.24, 2.45) is 11.8 Å². The molecule has 1 saturated carbocycles. The van der Waals surface area contributed by atoms with Crippen molar-refractivity contribution in [2.45, 2.75) is 36.2 Å². The molecule has 2 saturated heterocycles. The Morgan fingerprint density at radius 1 is 0.688 bits per heavy atom. The maximum absolute atomic E-state index is 11.9. The van der Waals surface area contributed by atoms with E-state index in [-0.39, 0.29) is 23.3 Å². The van der Waals surface area contributed by atoms with Gasteiger partial charge in [0, 0.05) is 0 Å². The molecule has 0 bridgehead atoms. The highest BCUT2D eigenvalue weighted by atomic mass is 32.2. The summed E-state index contributed by atoms with van der Waals surface area (Å²) < 4.78 is 47.7. The van der Waals surface area contributed by atoms with Gasteiger partial charge >= 0.3 is 0 Å². The molecule has 16 heavy (non-hydrogen) atoms. The molecule has 4 nitrogen and oxygen atoms in total. The zero-order valence-electron chi connectivity index (χ0n) is 9.00. The van der Waals surface area contributed by atoms with Gasteiger partial charge in [0.1, 0.15) is 0 Å². The van der Waals surface area contributed by atoms with Gasteiger partial charge < -0.3 is 0 Å². The lowest BCUT2D eigenvalue weighted by Crippen LogP contribution is -2.66. The van der Waals surface area contributed by atoms with E-state index >= 15 is 0 Å². The fraction of sp³-hybridized carbons (Fsp3) is 1.00. The molecule has 92 valence electrons. The summed E-state index contributed by atoms with van der Waals surface area (Å²) in [7, 11) is -6.29. The third kappa shape index (κ3) is 1.32. The molecule has 4 atom stereocenters. The van der Waals surface area contributed by atoms with Crippen molar-refractivity contribution in [1.29, 1.82) is 0 Å². The van der Waals surface area contributed by atoms with Gasteiger partial charge in [-0.25, -0.2) is 16.8 Å². The molecule has 3 fully saturated rings. The van der Waals surface area contributed by atoms with E-state index in [1.54, 1.807) is 0 Å². The van der Waals surface area contributed by atoms with Crippen LogP contribution in [0.4, 0.5) is 0 Å². The molecular formula is C10H16O4S2. The van der Waals surface area contributed by atoms with Gasteiger partial charge in [-0.2, -0.15) is 0 Å². The number of hydrogen-bond donors (Lipinski definition) is 0. The zero-order valence-corrected chi connectivity index (χ0v) is 10.6. The lowest BCUT2D eigenvalue weighted by atomic mass is 9.68. The molecule has 1 aliphatic carbocycles. The Kier molecular flexibility index (Phi) is 2.22. The molecule has 2 heterocycles. The van der Waals surface area contributed by atoms with Gasteiger partial charge in [0.2, 0.25) is 0 Å². The molecule has 0 amide bonds. The average molecular weight is 264 g/mol. The molecule has 0 spiro atoms. The van der Waals surface area contributed by atoms with E-state index in [0.29, 0.717) is 12.8 Å². The van der Waals surface area contributed by atoms with Crippen molar-refractivity contribution in [3.63, 3.8) is 0 Å². The Labute approximate surface area is 96.3 Å². The van der Waals surface area contributed by atoms with E-state index < -0.39 is 30.2 Å². The molecule has 3 rings (SSSR count). The summed E-state index contributed by atoms with van der Waals surface area (Å²) in [6.07, 6.45) is 3.24. The van der Waals surface area contributed by atoms with Gasteiger partial charge in [0.15, 0.2) is 19.7 Å². The number of fused-ring (bicyclic) bond motifs is 4. The summed E-state index contributed by atoms with van der Waals surface area (Å²) >= 11 is 0. The van der Waals surface area contributed by atoms with Gasteiger partial charge in [-0.15, -0.1) is 0 Å². The van der Waals surface area contributed by atoms with Crippen LogP contribution in [0.5, 0.6) is 0 Å². The van der Waals surface area contributed by atoms with Crippen LogP contribution in [0.1, 0.15) is 25.7 Å². The molecule has 0 aromatic rings. The lowest BCUT2D eigenvalue weighted by Gasteiger charge is -2.54. The third-order valence-corrected chi connectivity index (χ3v) is 9.31. The minimum absolute atomic E-state index is 0.138. The topological polar surface area (TPSA) is 68.3 Å². The third-order valence-electron chi connectivity index (χ3n) is 4.48. The van der Waals surface area contributed by atoms with Crippen molar-refractivity contribution >= 4 is 19.7 Å². The minimum atomic E-state index is -3.14. The summed E-state index contributed by atoms with van der Waals surface area (Å²) in [5.74, 6) is 0.650. The molecule has 6 heteroatoms. The Morgan fingerprint density at radius 2 is 1.06 bits per heavy atom. The SMILES string of the molecule is O=S1(=O)CCC[C@@H]2[C@H]3CCCS(=O)(=O)[C@H]3[C@@H]21. The van der Waals surface area contributed by atoms with Crippen LogP contribution in [0.15, 0.2) is 0 Å². The highest BCUT2D eigenvalue weighted by Crippen LogP contribution is 2.53. The maximum atomic E-state index is 11.9. The minimum Gasteiger partial charge on any atom is -0.228 e. The van der Waals surface area contributed by atoms with Gasteiger partial charge in [-0.1, -0.05) is 0 Å². The quantitative estimate of drug-likeness (QED) is 0.634. The Bertz CT molecular complexity index is 457. The van der Waals surface area contributed by atoms with Crippen molar-refractivity contribution < 1.29 is 16.8 Å². The maximum Gasteiger partial charge on any atom is 0.154 e. The lowest BCUT2D eigenvalue weighted by molar-refractivity contribution is 0.145.